The Bertz CT molecular complexity index is 1070. The zero-order valence-corrected chi connectivity index (χ0v) is 23.1. The number of pyridine rings is 1. The largest absolute Gasteiger partial charge is 0.481 e. The maximum atomic E-state index is 13.8. The van der Waals surface area contributed by atoms with E-state index in [1.54, 1.807) is 11.8 Å². The van der Waals surface area contributed by atoms with Crippen molar-refractivity contribution >= 4 is 23.6 Å². The molecule has 7 nitrogen and oxygen atoms in total. The number of carbonyl (C=O) groups is 2. The molecule has 1 aromatic heterocycles. The molecule has 10 heteroatoms. The topological polar surface area (TPSA) is 101 Å². The van der Waals surface area contributed by atoms with Crippen molar-refractivity contribution in [3.63, 3.8) is 0 Å². The summed E-state index contributed by atoms with van der Waals surface area (Å²) in [6, 6.07) is 3.63. The minimum Gasteiger partial charge on any atom is -0.481 e. The first-order valence-corrected chi connectivity index (χ1v) is 15.5. The van der Waals surface area contributed by atoms with Gasteiger partial charge in [-0.1, -0.05) is 19.3 Å². The van der Waals surface area contributed by atoms with E-state index in [-0.39, 0.29) is 30.2 Å². The molecule has 6 fully saturated rings. The van der Waals surface area contributed by atoms with Crippen molar-refractivity contribution in [2.45, 2.75) is 111 Å². The quantitative estimate of drug-likeness (QED) is 0.383. The minimum atomic E-state index is -2.77. The number of thioether (sulfide) groups is 1. The molecule has 5 aliphatic carbocycles. The molecule has 3 N–H and O–H groups in total. The van der Waals surface area contributed by atoms with Gasteiger partial charge in [-0.3, -0.25) is 9.59 Å². The maximum absolute atomic E-state index is 13.8. The molecular formula is C29H39F2N3O4S. The molecule has 0 aromatic carbocycles. The Labute approximate surface area is 232 Å². The molecule has 2 heterocycles. The van der Waals surface area contributed by atoms with Crippen LogP contribution in [-0.4, -0.2) is 58.6 Å². The van der Waals surface area contributed by atoms with Crippen LogP contribution in [0.25, 0.3) is 0 Å². The predicted octanol–water partition coefficient (Wildman–Crippen LogP) is 5.13. The van der Waals surface area contributed by atoms with E-state index in [0.29, 0.717) is 54.0 Å². The van der Waals surface area contributed by atoms with E-state index in [1.807, 2.05) is 12.1 Å². The number of carboxylic acids is 1. The van der Waals surface area contributed by atoms with Crippen LogP contribution < -0.4 is 10.6 Å². The van der Waals surface area contributed by atoms with Gasteiger partial charge in [0.1, 0.15) is 5.03 Å². The first-order valence-electron chi connectivity index (χ1n) is 14.6. The van der Waals surface area contributed by atoms with Crippen molar-refractivity contribution in [2.24, 2.45) is 17.8 Å². The number of nitrogens with zero attached hydrogens (tertiary/aromatic N) is 1. The number of aromatic nitrogens is 1. The standard InChI is InChI=1S/C29H39F2N3O4S/c30-27(31)38-29-12-17-10-18(13-29)24(19(11-17)14-29)34-25(37)21-6-7-22(28(15-23(35)36)8-9-32-16-28)33-26(21)39-20-4-2-1-3-5-20/h6-7,17-20,24,27,32H,1-5,8-16H2,(H,34,37)(H,35,36)/t17?,18?,19?,24?,28-,29?/m0/s1. The SMILES string of the molecule is O=C(O)C[C@@]1(c2ccc(C(=O)NC3C4CC5CC3CC(OC(F)F)(C5)C4)c(SC3CCCCC3)n2)CCNC1. The fourth-order valence-electron chi connectivity index (χ4n) is 8.58. The number of carboxylic acid groups (broad SMARTS) is 1. The Morgan fingerprint density at radius 1 is 1.15 bits per heavy atom. The highest BCUT2D eigenvalue weighted by molar-refractivity contribution is 7.99. The Morgan fingerprint density at radius 3 is 2.54 bits per heavy atom. The highest BCUT2D eigenvalue weighted by Gasteiger charge is 2.57. The fraction of sp³-hybridized carbons (Fsp3) is 0.759. The second-order valence-electron chi connectivity index (χ2n) is 12.7. The molecule has 5 saturated carbocycles. The summed E-state index contributed by atoms with van der Waals surface area (Å²) < 4.78 is 31.6. The molecule has 1 aromatic rings. The van der Waals surface area contributed by atoms with Gasteiger partial charge in [0.15, 0.2) is 0 Å². The molecular weight excluding hydrogens is 524 g/mol. The Morgan fingerprint density at radius 2 is 1.90 bits per heavy atom. The number of rotatable bonds is 9. The van der Waals surface area contributed by atoms with Crippen molar-refractivity contribution in [1.82, 2.24) is 15.6 Å². The predicted molar refractivity (Wildman–Crippen MR) is 143 cm³/mol. The number of hydrogen-bond donors (Lipinski definition) is 3. The smallest absolute Gasteiger partial charge is 0.345 e. The molecule has 6 aliphatic rings. The first kappa shape index (κ1) is 27.4. The normalized spacial score (nSPS) is 36.0. The third-order valence-corrected chi connectivity index (χ3v) is 11.4. The van der Waals surface area contributed by atoms with Gasteiger partial charge in [-0.25, -0.2) is 4.98 Å². The average molecular weight is 564 g/mol. The van der Waals surface area contributed by atoms with Gasteiger partial charge in [-0.05, 0) is 87.8 Å². The van der Waals surface area contributed by atoms with E-state index in [1.165, 1.54) is 19.3 Å². The van der Waals surface area contributed by atoms with Crippen LogP contribution >= 0.6 is 11.8 Å². The number of nitrogens with one attached hydrogen (secondary N) is 2. The summed E-state index contributed by atoms with van der Waals surface area (Å²) in [7, 11) is 0. The van der Waals surface area contributed by atoms with Gasteiger partial charge in [0.05, 0.1) is 17.6 Å². The number of aliphatic carboxylic acids is 1. The summed E-state index contributed by atoms with van der Waals surface area (Å²) in [6.07, 6.45) is 10.2. The third-order valence-electron chi connectivity index (χ3n) is 10.1. The molecule has 2 unspecified atom stereocenters. The van der Waals surface area contributed by atoms with Crippen LogP contribution in [0.15, 0.2) is 17.2 Å². The second-order valence-corrected chi connectivity index (χ2v) is 14.0. The van der Waals surface area contributed by atoms with Crippen LogP contribution in [0.4, 0.5) is 8.78 Å². The summed E-state index contributed by atoms with van der Waals surface area (Å²) in [4.78, 5) is 30.6. The Hall–Kier alpha value is -1.78. The summed E-state index contributed by atoms with van der Waals surface area (Å²) in [6.45, 7) is -1.47. The number of hydrogen-bond acceptors (Lipinski definition) is 6. The van der Waals surface area contributed by atoms with Crippen LogP contribution in [0.2, 0.25) is 0 Å². The summed E-state index contributed by atoms with van der Waals surface area (Å²) in [5.41, 5.74) is -0.0443. The number of alkyl halides is 2. The highest BCUT2D eigenvalue weighted by atomic mass is 32.2. The number of amides is 1. The molecule has 7 rings (SSSR count). The van der Waals surface area contributed by atoms with Crippen LogP contribution in [0.1, 0.15) is 93.1 Å². The van der Waals surface area contributed by atoms with Crippen molar-refractivity contribution in [1.29, 1.82) is 0 Å². The van der Waals surface area contributed by atoms with E-state index < -0.39 is 23.6 Å². The highest BCUT2D eigenvalue weighted by Crippen LogP contribution is 2.57. The van der Waals surface area contributed by atoms with Gasteiger partial charge in [-0.15, -0.1) is 11.8 Å². The van der Waals surface area contributed by atoms with E-state index in [2.05, 4.69) is 10.6 Å². The van der Waals surface area contributed by atoms with Crippen molar-refractivity contribution < 1.29 is 28.2 Å². The lowest BCUT2D eigenvalue weighted by Gasteiger charge is -2.59. The molecule has 1 saturated heterocycles. The second kappa shape index (κ2) is 10.9. The average Bonchev–Trinajstić information content (AvgIpc) is 3.34. The molecule has 39 heavy (non-hydrogen) atoms. The molecule has 4 bridgehead atoms. The number of halogens is 2. The van der Waals surface area contributed by atoms with Crippen molar-refractivity contribution in [3.05, 3.63) is 23.4 Å². The first-order chi connectivity index (χ1) is 18.7. The minimum absolute atomic E-state index is 0.00111. The third kappa shape index (κ3) is 5.58. The molecule has 1 amide bonds. The Balaban J connectivity index is 1.25. The van der Waals surface area contributed by atoms with Crippen molar-refractivity contribution in [3.8, 4) is 0 Å². The lowest BCUT2D eigenvalue weighted by atomic mass is 9.52. The van der Waals surface area contributed by atoms with Gasteiger partial charge in [0, 0.05) is 28.9 Å². The fourth-order valence-corrected chi connectivity index (χ4v) is 9.90. The van der Waals surface area contributed by atoms with Gasteiger partial charge >= 0.3 is 12.6 Å². The zero-order chi connectivity index (χ0) is 27.2. The van der Waals surface area contributed by atoms with Crippen LogP contribution in [-0.2, 0) is 14.9 Å². The molecule has 0 spiro atoms. The van der Waals surface area contributed by atoms with Gasteiger partial charge < -0.3 is 20.5 Å². The van der Waals surface area contributed by atoms with Crippen molar-refractivity contribution in [2.75, 3.05) is 13.1 Å². The van der Waals surface area contributed by atoms with Crippen LogP contribution in [0.5, 0.6) is 0 Å². The lowest BCUT2D eigenvalue weighted by molar-refractivity contribution is -0.260. The van der Waals surface area contributed by atoms with E-state index in [9.17, 15) is 23.5 Å². The van der Waals surface area contributed by atoms with Crippen LogP contribution in [0.3, 0.4) is 0 Å². The lowest BCUT2D eigenvalue weighted by Crippen LogP contribution is -2.62. The van der Waals surface area contributed by atoms with E-state index >= 15 is 0 Å². The number of carbonyl (C=O) groups excluding carboxylic acids is 1. The van der Waals surface area contributed by atoms with Gasteiger partial charge in [0.25, 0.3) is 5.91 Å². The zero-order valence-electron chi connectivity index (χ0n) is 22.3. The van der Waals surface area contributed by atoms with Gasteiger partial charge in [0.2, 0.25) is 0 Å². The van der Waals surface area contributed by atoms with E-state index in [4.69, 9.17) is 9.72 Å². The number of ether oxygens (including phenoxy) is 1. The summed E-state index contributed by atoms with van der Waals surface area (Å²) in [5.74, 6) is -0.337. The van der Waals surface area contributed by atoms with E-state index in [0.717, 1.165) is 37.9 Å². The van der Waals surface area contributed by atoms with Gasteiger partial charge in [-0.2, -0.15) is 8.78 Å². The molecule has 0 radical (unpaired) electrons. The monoisotopic (exact) mass is 563 g/mol. The Kier molecular flexibility index (Phi) is 7.65. The summed E-state index contributed by atoms with van der Waals surface area (Å²) >= 11 is 1.66. The summed E-state index contributed by atoms with van der Waals surface area (Å²) in [5, 5.41) is 17.3. The molecule has 1 aliphatic heterocycles. The molecule has 214 valence electrons. The molecule has 3 atom stereocenters. The van der Waals surface area contributed by atoms with Crippen LogP contribution in [0, 0.1) is 17.8 Å². The maximum Gasteiger partial charge on any atom is 0.345 e.